The number of hydrogen-bond donors (Lipinski definition) is 1. The van der Waals surface area contributed by atoms with Crippen molar-refractivity contribution in [1.29, 1.82) is 0 Å². The van der Waals surface area contributed by atoms with Gasteiger partial charge in [0.1, 0.15) is 0 Å². The third-order valence-electron chi connectivity index (χ3n) is 4.28. The number of piperidine rings is 1. The van der Waals surface area contributed by atoms with Crippen LogP contribution in [0.4, 0.5) is 0 Å². The van der Waals surface area contributed by atoms with Crippen LogP contribution in [0.5, 0.6) is 0 Å². The summed E-state index contributed by atoms with van der Waals surface area (Å²) < 4.78 is 5.66. The lowest BCUT2D eigenvalue weighted by Gasteiger charge is -2.34. The van der Waals surface area contributed by atoms with Crippen LogP contribution in [0.1, 0.15) is 37.4 Å². The van der Waals surface area contributed by atoms with Gasteiger partial charge in [-0.05, 0) is 37.3 Å². The summed E-state index contributed by atoms with van der Waals surface area (Å²) in [6, 6.07) is 10.3. The molecular formula is C17H26N2O2. The fourth-order valence-electron chi connectivity index (χ4n) is 3.12. The van der Waals surface area contributed by atoms with Crippen LogP contribution in [-0.2, 0) is 9.53 Å². The van der Waals surface area contributed by atoms with Gasteiger partial charge in [0.25, 0.3) is 0 Å². The zero-order valence-electron chi connectivity index (χ0n) is 12.8. The summed E-state index contributed by atoms with van der Waals surface area (Å²) in [5.41, 5.74) is 6.47. The van der Waals surface area contributed by atoms with Crippen LogP contribution in [0.3, 0.4) is 0 Å². The highest BCUT2D eigenvalue weighted by Crippen LogP contribution is 2.24. The number of primary amides is 1. The monoisotopic (exact) mass is 290 g/mol. The Bertz CT molecular complexity index is 436. The molecule has 2 atom stereocenters. The first kappa shape index (κ1) is 16.0. The first-order valence-corrected chi connectivity index (χ1v) is 7.77. The Morgan fingerprint density at radius 1 is 1.43 bits per heavy atom. The summed E-state index contributed by atoms with van der Waals surface area (Å²) in [6.07, 6.45) is 3.92. The summed E-state index contributed by atoms with van der Waals surface area (Å²) in [5.74, 6) is 0.394. The number of rotatable bonds is 7. The van der Waals surface area contributed by atoms with E-state index < -0.39 is 0 Å². The van der Waals surface area contributed by atoms with Crippen molar-refractivity contribution >= 4 is 5.91 Å². The van der Waals surface area contributed by atoms with Crippen LogP contribution < -0.4 is 5.73 Å². The fourth-order valence-corrected chi connectivity index (χ4v) is 3.12. The van der Waals surface area contributed by atoms with Crippen molar-refractivity contribution in [2.75, 3.05) is 26.7 Å². The van der Waals surface area contributed by atoms with Crippen LogP contribution in [-0.4, -0.2) is 37.6 Å². The van der Waals surface area contributed by atoms with Gasteiger partial charge in [-0.25, -0.2) is 0 Å². The first-order valence-electron chi connectivity index (χ1n) is 7.77. The molecule has 4 heteroatoms. The average Bonchev–Trinajstić information content (AvgIpc) is 2.52. The molecule has 1 fully saturated rings. The Morgan fingerprint density at radius 2 is 2.19 bits per heavy atom. The van der Waals surface area contributed by atoms with Crippen molar-refractivity contribution < 1.29 is 9.53 Å². The quantitative estimate of drug-likeness (QED) is 0.838. The zero-order valence-corrected chi connectivity index (χ0v) is 12.8. The van der Waals surface area contributed by atoms with Gasteiger partial charge in [0.05, 0.1) is 6.10 Å². The SMILES string of the molecule is CO[C@H](CN1CCC[C@@H](CCC(N)=O)C1)c1ccccc1. The number of benzene rings is 1. The molecule has 1 aliphatic rings. The lowest BCUT2D eigenvalue weighted by atomic mass is 9.93. The maximum absolute atomic E-state index is 10.9. The van der Waals surface area contributed by atoms with E-state index in [-0.39, 0.29) is 12.0 Å². The van der Waals surface area contributed by atoms with Gasteiger partial charge >= 0.3 is 0 Å². The third kappa shape index (κ3) is 5.14. The van der Waals surface area contributed by atoms with E-state index in [9.17, 15) is 4.79 Å². The smallest absolute Gasteiger partial charge is 0.217 e. The third-order valence-corrected chi connectivity index (χ3v) is 4.28. The number of hydrogen-bond acceptors (Lipinski definition) is 3. The van der Waals surface area contributed by atoms with E-state index in [2.05, 4.69) is 17.0 Å². The predicted octanol–water partition coefficient (Wildman–Crippen LogP) is 2.35. The Morgan fingerprint density at radius 3 is 2.86 bits per heavy atom. The van der Waals surface area contributed by atoms with Crippen LogP contribution in [0.2, 0.25) is 0 Å². The number of carbonyl (C=O) groups is 1. The van der Waals surface area contributed by atoms with E-state index in [4.69, 9.17) is 10.5 Å². The van der Waals surface area contributed by atoms with Crippen molar-refractivity contribution in [3.63, 3.8) is 0 Å². The molecule has 1 aromatic carbocycles. The average molecular weight is 290 g/mol. The molecular weight excluding hydrogens is 264 g/mol. The van der Waals surface area contributed by atoms with Crippen LogP contribution in [0.15, 0.2) is 30.3 Å². The summed E-state index contributed by atoms with van der Waals surface area (Å²) in [6.45, 7) is 3.06. The Hall–Kier alpha value is -1.39. The van der Waals surface area contributed by atoms with Gasteiger partial charge in [-0.3, -0.25) is 4.79 Å². The van der Waals surface area contributed by atoms with E-state index in [1.54, 1.807) is 7.11 Å². The van der Waals surface area contributed by atoms with Crippen LogP contribution in [0.25, 0.3) is 0 Å². The van der Waals surface area contributed by atoms with Crippen molar-refractivity contribution in [1.82, 2.24) is 4.90 Å². The molecule has 0 unspecified atom stereocenters. The number of amides is 1. The van der Waals surface area contributed by atoms with E-state index in [1.807, 2.05) is 18.2 Å². The lowest BCUT2D eigenvalue weighted by Crippen LogP contribution is -2.38. The Kier molecular flexibility index (Phi) is 6.21. The Labute approximate surface area is 127 Å². The van der Waals surface area contributed by atoms with Crippen molar-refractivity contribution in [3.05, 3.63) is 35.9 Å². The molecule has 0 aromatic heterocycles. The van der Waals surface area contributed by atoms with E-state index in [0.29, 0.717) is 12.3 Å². The van der Waals surface area contributed by atoms with Crippen LogP contribution in [0, 0.1) is 5.92 Å². The van der Waals surface area contributed by atoms with Gasteiger partial charge in [0, 0.05) is 26.6 Å². The largest absolute Gasteiger partial charge is 0.375 e. The topological polar surface area (TPSA) is 55.6 Å². The molecule has 0 saturated carbocycles. The highest BCUT2D eigenvalue weighted by atomic mass is 16.5. The Balaban J connectivity index is 1.87. The van der Waals surface area contributed by atoms with Crippen molar-refractivity contribution in [2.24, 2.45) is 11.7 Å². The summed E-state index contributed by atoms with van der Waals surface area (Å²) in [5, 5.41) is 0. The molecule has 0 spiro atoms. The molecule has 0 radical (unpaired) electrons. The van der Waals surface area contributed by atoms with Crippen molar-refractivity contribution in [2.45, 2.75) is 31.8 Å². The number of carbonyl (C=O) groups excluding carboxylic acids is 1. The maximum atomic E-state index is 10.9. The van der Waals surface area contributed by atoms with E-state index >= 15 is 0 Å². The molecule has 116 valence electrons. The zero-order chi connectivity index (χ0) is 15.1. The molecule has 21 heavy (non-hydrogen) atoms. The number of ether oxygens (including phenoxy) is 1. The molecule has 1 amide bonds. The maximum Gasteiger partial charge on any atom is 0.217 e. The molecule has 1 heterocycles. The molecule has 1 saturated heterocycles. The number of nitrogens with two attached hydrogens (primary N) is 1. The molecule has 0 bridgehead atoms. The molecule has 1 aromatic rings. The highest BCUT2D eigenvalue weighted by Gasteiger charge is 2.23. The normalized spacial score (nSPS) is 21.1. The molecule has 0 aliphatic carbocycles. The van der Waals surface area contributed by atoms with E-state index in [1.165, 1.54) is 18.4 Å². The van der Waals surface area contributed by atoms with Crippen LogP contribution >= 0.6 is 0 Å². The van der Waals surface area contributed by atoms with Gasteiger partial charge in [-0.15, -0.1) is 0 Å². The van der Waals surface area contributed by atoms with Crippen molar-refractivity contribution in [3.8, 4) is 0 Å². The molecule has 2 N–H and O–H groups in total. The van der Waals surface area contributed by atoms with E-state index in [0.717, 1.165) is 26.1 Å². The number of methoxy groups -OCH3 is 1. The van der Waals surface area contributed by atoms with Gasteiger partial charge < -0.3 is 15.4 Å². The molecule has 2 rings (SSSR count). The second-order valence-electron chi connectivity index (χ2n) is 5.91. The minimum atomic E-state index is -0.189. The first-order chi connectivity index (χ1) is 10.2. The number of likely N-dealkylation sites (tertiary alicyclic amines) is 1. The lowest BCUT2D eigenvalue weighted by molar-refractivity contribution is -0.118. The minimum Gasteiger partial charge on any atom is -0.375 e. The molecule has 1 aliphatic heterocycles. The fraction of sp³-hybridized carbons (Fsp3) is 0.588. The van der Waals surface area contributed by atoms with Gasteiger partial charge in [0.15, 0.2) is 0 Å². The van der Waals surface area contributed by atoms with Gasteiger partial charge in [0.2, 0.25) is 5.91 Å². The standard InChI is InChI=1S/C17H26N2O2/c1-21-16(15-7-3-2-4-8-15)13-19-11-5-6-14(12-19)9-10-17(18)20/h2-4,7-8,14,16H,5-6,9-13H2,1H3,(H2,18,20)/t14-,16+/m0/s1. The predicted molar refractivity (Wildman–Crippen MR) is 83.8 cm³/mol. The summed E-state index contributed by atoms with van der Waals surface area (Å²) in [7, 11) is 1.77. The summed E-state index contributed by atoms with van der Waals surface area (Å²) in [4.78, 5) is 13.4. The van der Waals surface area contributed by atoms with Gasteiger partial charge in [-0.1, -0.05) is 30.3 Å². The second-order valence-corrected chi connectivity index (χ2v) is 5.91. The molecule has 4 nitrogen and oxygen atoms in total. The minimum absolute atomic E-state index is 0.112. The summed E-state index contributed by atoms with van der Waals surface area (Å²) >= 11 is 0. The highest BCUT2D eigenvalue weighted by molar-refractivity contribution is 5.73. The van der Waals surface area contributed by atoms with Gasteiger partial charge in [-0.2, -0.15) is 0 Å². The number of nitrogens with zero attached hydrogens (tertiary/aromatic N) is 1. The second kappa shape index (κ2) is 8.15.